The van der Waals surface area contributed by atoms with Crippen molar-refractivity contribution in [2.24, 2.45) is 0 Å². The summed E-state index contributed by atoms with van der Waals surface area (Å²) in [6.07, 6.45) is 6.76. The summed E-state index contributed by atoms with van der Waals surface area (Å²) in [4.78, 5) is 8.16. The predicted octanol–water partition coefficient (Wildman–Crippen LogP) is 1.54. The fourth-order valence-corrected chi connectivity index (χ4v) is 0.758. The zero-order valence-electron chi connectivity index (χ0n) is 6.39. The average Bonchev–Trinajstić information content (AvgIpc) is 1.95. The van der Waals surface area contributed by atoms with E-state index >= 15 is 0 Å². The van der Waals surface area contributed by atoms with E-state index in [-0.39, 0.29) is 0 Å². The Balaban J connectivity index is 2.69. The molecule has 0 aliphatic heterocycles. The van der Waals surface area contributed by atoms with Crippen molar-refractivity contribution in [1.29, 1.82) is 0 Å². The van der Waals surface area contributed by atoms with Gasteiger partial charge in [0.1, 0.15) is 6.20 Å². The molecule has 0 fully saturated rings. The van der Waals surface area contributed by atoms with Crippen LogP contribution in [0.3, 0.4) is 0 Å². The first-order chi connectivity index (χ1) is 4.83. The van der Waals surface area contributed by atoms with Crippen LogP contribution in [0.2, 0.25) is 0 Å². The Morgan fingerprint density at radius 1 is 1.60 bits per heavy atom. The van der Waals surface area contributed by atoms with Crippen molar-refractivity contribution in [3.63, 3.8) is 0 Å². The third-order valence-electron chi connectivity index (χ3n) is 1.27. The first-order valence-electron chi connectivity index (χ1n) is 3.53. The van der Waals surface area contributed by atoms with Crippen molar-refractivity contribution in [3.8, 4) is 0 Å². The second kappa shape index (κ2) is 3.30. The van der Waals surface area contributed by atoms with Gasteiger partial charge in [-0.15, -0.1) is 0 Å². The fraction of sp³-hybridized carbons (Fsp3) is 0.500. The molecule has 1 aromatic heterocycles. The van der Waals surface area contributed by atoms with Gasteiger partial charge in [-0.2, -0.15) is 0 Å². The number of hydrogen-bond donors (Lipinski definition) is 0. The molecule has 0 bridgehead atoms. The predicted molar refractivity (Wildman–Crippen MR) is 39.6 cm³/mol. The zero-order valence-corrected chi connectivity index (χ0v) is 6.39. The molecular weight excluding hydrogens is 124 g/mol. The van der Waals surface area contributed by atoms with E-state index in [9.17, 15) is 0 Å². The maximum Gasteiger partial charge on any atom is 0.112 e. The van der Waals surface area contributed by atoms with E-state index in [1.165, 1.54) is 0 Å². The molecule has 0 N–H and O–H groups in total. The third kappa shape index (κ3) is 1.79. The second-order valence-electron chi connectivity index (χ2n) is 2.31. The third-order valence-corrected chi connectivity index (χ3v) is 1.27. The second-order valence-corrected chi connectivity index (χ2v) is 2.31. The number of rotatable bonds is 2. The fourth-order valence-electron chi connectivity index (χ4n) is 0.758. The molecule has 0 atom stereocenters. The van der Waals surface area contributed by atoms with Crippen LogP contribution < -0.4 is 0 Å². The van der Waals surface area contributed by atoms with E-state index in [4.69, 9.17) is 0 Å². The van der Waals surface area contributed by atoms with Gasteiger partial charge in [-0.05, 0) is 13.3 Å². The van der Waals surface area contributed by atoms with Crippen molar-refractivity contribution >= 4 is 0 Å². The van der Waals surface area contributed by atoms with Crippen LogP contribution in [0.1, 0.15) is 24.7 Å². The molecule has 0 aromatic carbocycles. The van der Waals surface area contributed by atoms with Gasteiger partial charge < -0.3 is 0 Å². The highest BCUT2D eigenvalue weighted by molar-refractivity contribution is 4.98. The van der Waals surface area contributed by atoms with Gasteiger partial charge in [0.15, 0.2) is 0 Å². The monoisotopic (exact) mass is 135 g/mol. The van der Waals surface area contributed by atoms with Gasteiger partial charge in [0.2, 0.25) is 0 Å². The van der Waals surface area contributed by atoms with Crippen molar-refractivity contribution < 1.29 is 0 Å². The summed E-state index contributed by atoms with van der Waals surface area (Å²) in [6.45, 7) is 4.02. The molecule has 1 aromatic rings. The minimum Gasteiger partial charge on any atom is -0.257 e. The van der Waals surface area contributed by atoms with Crippen LogP contribution in [0.25, 0.3) is 0 Å². The molecule has 1 heterocycles. The quantitative estimate of drug-likeness (QED) is 0.614. The van der Waals surface area contributed by atoms with Crippen LogP contribution in [0, 0.1) is 13.1 Å². The normalized spacial score (nSPS) is 9.80. The van der Waals surface area contributed by atoms with Crippen molar-refractivity contribution in [2.75, 3.05) is 0 Å². The minimum atomic E-state index is 0.861. The van der Waals surface area contributed by atoms with E-state index in [0.717, 1.165) is 24.2 Å². The Hall–Kier alpha value is -0.920. The largest absolute Gasteiger partial charge is 0.257 e. The molecule has 2 heteroatoms. The maximum absolute atomic E-state index is 4.08. The zero-order chi connectivity index (χ0) is 7.40. The van der Waals surface area contributed by atoms with Gasteiger partial charge in [0.05, 0.1) is 11.4 Å². The smallest absolute Gasteiger partial charge is 0.112 e. The average molecular weight is 135 g/mol. The number of nitrogens with zero attached hydrogens (tertiary/aromatic N) is 2. The molecule has 10 heavy (non-hydrogen) atoms. The standard InChI is InChI=1S/C8H11N2/c1-3-4-8-6-9-7(2)5-10-8/h6H,3-4H2,1-2H3. The summed E-state index contributed by atoms with van der Waals surface area (Å²) < 4.78 is 0. The van der Waals surface area contributed by atoms with Gasteiger partial charge in [0.25, 0.3) is 0 Å². The molecule has 0 aliphatic rings. The highest BCUT2D eigenvalue weighted by Crippen LogP contribution is 1.96. The molecule has 0 unspecified atom stereocenters. The lowest BCUT2D eigenvalue weighted by atomic mass is 10.3. The van der Waals surface area contributed by atoms with E-state index < -0.39 is 0 Å². The topological polar surface area (TPSA) is 25.8 Å². The van der Waals surface area contributed by atoms with Crippen LogP contribution >= 0.6 is 0 Å². The van der Waals surface area contributed by atoms with Crippen LogP contribution in [-0.2, 0) is 6.42 Å². The molecule has 0 saturated heterocycles. The molecule has 1 radical (unpaired) electrons. The molecule has 0 amide bonds. The lowest BCUT2D eigenvalue weighted by molar-refractivity contribution is 0.862. The van der Waals surface area contributed by atoms with Crippen LogP contribution in [0.15, 0.2) is 6.20 Å². The highest BCUT2D eigenvalue weighted by atomic mass is 14.8. The van der Waals surface area contributed by atoms with Crippen molar-refractivity contribution in [3.05, 3.63) is 23.8 Å². The molecule has 1 rings (SSSR count). The molecular formula is C8H11N2. The molecule has 0 saturated carbocycles. The van der Waals surface area contributed by atoms with Crippen molar-refractivity contribution in [2.45, 2.75) is 26.7 Å². The first kappa shape index (κ1) is 7.19. The molecule has 0 spiro atoms. The summed E-state index contributed by atoms with van der Waals surface area (Å²) in [7, 11) is 0. The van der Waals surface area contributed by atoms with E-state index in [1.54, 1.807) is 0 Å². The van der Waals surface area contributed by atoms with Gasteiger partial charge in [-0.3, -0.25) is 4.98 Å². The van der Waals surface area contributed by atoms with E-state index in [2.05, 4.69) is 23.1 Å². The SMILES string of the molecule is CCCc1cnc(C)[c]n1. The van der Waals surface area contributed by atoms with Gasteiger partial charge in [0, 0.05) is 6.20 Å². The Bertz CT molecular complexity index is 191. The summed E-state index contributed by atoms with van der Waals surface area (Å²) in [6, 6.07) is 0. The molecule has 2 nitrogen and oxygen atoms in total. The number of aromatic nitrogens is 2. The van der Waals surface area contributed by atoms with E-state index in [1.807, 2.05) is 13.1 Å². The lowest BCUT2D eigenvalue weighted by Crippen LogP contribution is -1.91. The number of hydrogen-bond acceptors (Lipinski definition) is 2. The number of aryl methyl sites for hydroxylation is 2. The van der Waals surface area contributed by atoms with Gasteiger partial charge >= 0.3 is 0 Å². The summed E-state index contributed by atoms with van der Waals surface area (Å²) in [5, 5.41) is 0. The Labute approximate surface area is 61.3 Å². The lowest BCUT2D eigenvalue weighted by Gasteiger charge is -1.94. The Kier molecular flexibility index (Phi) is 2.37. The maximum atomic E-state index is 4.08. The van der Waals surface area contributed by atoms with Gasteiger partial charge in [-0.25, -0.2) is 4.98 Å². The van der Waals surface area contributed by atoms with E-state index in [0.29, 0.717) is 0 Å². The van der Waals surface area contributed by atoms with Crippen LogP contribution in [0.4, 0.5) is 0 Å². The van der Waals surface area contributed by atoms with Gasteiger partial charge in [-0.1, -0.05) is 13.3 Å². The highest BCUT2D eigenvalue weighted by Gasteiger charge is 1.91. The van der Waals surface area contributed by atoms with Crippen molar-refractivity contribution in [1.82, 2.24) is 9.97 Å². The van der Waals surface area contributed by atoms with Crippen LogP contribution in [-0.4, -0.2) is 9.97 Å². The summed E-state index contributed by atoms with van der Waals surface area (Å²) in [5.41, 5.74) is 1.90. The molecule has 0 aliphatic carbocycles. The Morgan fingerprint density at radius 3 is 2.90 bits per heavy atom. The Morgan fingerprint density at radius 2 is 2.40 bits per heavy atom. The van der Waals surface area contributed by atoms with Crippen LogP contribution in [0.5, 0.6) is 0 Å². The first-order valence-corrected chi connectivity index (χ1v) is 3.53. The summed E-state index contributed by atoms with van der Waals surface area (Å²) in [5.74, 6) is 0. The summed E-state index contributed by atoms with van der Waals surface area (Å²) >= 11 is 0. The molecule has 53 valence electrons. The minimum absolute atomic E-state index is 0.861.